The molecule has 0 aliphatic rings. The largest absolute Gasteiger partial charge is 0.494 e. The fourth-order valence-corrected chi connectivity index (χ4v) is 2.49. The maximum Gasteiger partial charge on any atom is 0.337 e. The number of unbranched alkanes of at least 4 members (excludes halogenated alkanes) is 1. The van der Waals surface area contributed by atoms with Crippen molar-refractivity contribution in [2.75, 3.05) is 6.61 Å². The number of fused-ring (bicyclic) bond motifs is 1. The third-order valence-electron chi connectivity index (χ3n) is 3.84. The van der Waals surface area contributed by atoms with Gasteiger partial charge >= 0.3 is 5.97 Å². The zero-order valence-corrected chi connectivity index (χ0v) is 14.0. The molecule has 2 aromatic carbocycles. The van der Waals surface area contributed by atoms with E-state index in [-0.39, 0.29) is 5.56 Å². The van der Waals surface area contributed by atoms with Gasteiger partial charge in [-0.3, -0.25) is 0 Å². The molecule has 0 aliphatic carbocycles. The number of ether oxygens (including phenoxy) is 1. The number of carboxylic acid groups (broad SMARTS) is 1. The second kappa shape index (κ2) is 7.66. The summed E-state index contributed by atoms with van der Waals surface area (Å²) in [6, 6.07) is 12.9. The van der Waals surface area contributed by atoms with Gasteiger partial charge in [-0.15, -0.1) is 0 Å². The summed E-state index contributed by atoms with van der Waals surface area (Å²) in [6.07, 6.45) is 5.92. The minimum Gasteiger partial charge on any atom is -0.494 e. The van der Waals surface area contributed by atoms with Crippen LogP contribution in [0.15, 0.2) is 42.5 Å². The molecule has 0 spiro atoms. The van der Waals surface area contributed by atoms with Crippen LogP contribution in [0.4, 0.5) is 0 Å². The third kappa shape index (κ3) is 4.07. The van der Waals surface area contributed by atoms with Gasteiger partial charge in [0.25, 0.3) is 0 Å². The van der Waals surface area contributed by atoms with E-state index >= 15 is 0 Å². The van der Waals surface area contributed by atoms with E-state index < -0.39 is 5.97 Å². The van der Waals surface area contributed by atoms with Crippen molar-refractivity contribution >= 4 is 29.2 Å². The Hall–Kier alpha value is -3.08. The zero-order valence-electron chi connectivity index (χ0n) is 14.0. The van der Waals surface area contributed by atoms with E-state index in [0.29, 0.717) is 16.9 Å². The lowest BCUT2D eigenvalue weighted by Crippen LogP contribution is -1.96. The highest BCUT2D eigenvalue weighted by Crippen LogP contribution is 2.18. The molecule has 128 valence electrons. The number of H-pyrrole nitrogens is 1. The van der Waals surface area contributed by atoms with Crippen molar-refractivity contribution in [1.29, 1.82) is 0 Å². The van der Waals surface area contributed by atoms with E-state index in [2.05, 4.69) is 16.9 Å². The molecule has 2 N–H and O–H groups in total. The molecule has 0 saturated carbocycles. The van der Waals surface area contributed by atoms with Gasteiger partial charge < -0.3 is 14.8 Å². The first-order valence-corrected chi connectivity index (χ1v) is 8.30. The molecule has 5 heteroatoms. The molecule has 0 radical (unpaired) electrons. The van der Waals surface area contributed by atoms with Crippen molar-refractivity contribution in [3.05, 3.63) is 59.4 Å². The van der Waals surface area contributed by atoms with Crippen molar-refractivity contribution < 1.29 is 14.6 Å². The molecule has 0 bridgehead atoms. The van der Waals surface area contributed by atoms with Crippen molar-refractivity contribution in [3.8, 4) is 5.75 Å². The summed E-state index contributed by atoms with van der Waals surface area (Å²) >= 11 is 0. The molecule has 0 saturated heterocycles. The van der Waals surface area contributed by atoms with Crippen LogP contribution in [-0.2, 0) is 0 Å². The van der Waals surface area contributed by atoms with E-state index in [4.69, 9.17) is 4.74 Å². The second-order valence-electron chi connectivity index (χ2n) is 5.73. The van der Waals surface area contributed by atoms with Gasteiger partial charge in [-0.05, 0) is 42.3 Å². The molecule has 1 aromatic heterocycles. The Kier molecular flexibility index (Phi) is 5.14. The summed E-state index contributed by atoms with van der Waals surface area (Å²) in [7, 11) is 0. The summed E-state index contributed by atoms with van der Waals surface area (Å²) in [5.41, 5.74) is 2.39. The van der Waals surface area contributed by atoms with Crippen molar-refractivity contribution in [3.63, 3.8) is 0 Å². The number of carbonyl (C=O) groups is 1. The molecular weight excluding hydrogens is 316 g/mol. The third-order valence-corrected chi connectivity index (χ3v) is 3.84. The number of aromatic carboxylic acids is 1. The average Bonchev–Trinajstić information content (AvgIpc) is 3.04. The van der Waals surface area contributed by atoms with Crippen LogP contribution in [0.25, 0.3) is 23.2 Å². The molecule has 3 aromatic rings. The SMILES string of the molecule is CCCCOc1ccc(C=Cc2nc3c(C(=O)O)cccc3[nH]2)cc1. The molecule has 1 heterocycles. The summed E-state index contributed by atoms with van der Waals surface area (Å²) in [6.45, 7) is 2.87. The van der Waals surface area contributed by atoms with Crippen LogP contribution >= 0.6 is 0 Å². The fraction of sp³-hybridized carbons (Fsp3) is 0.200. The van der Waals surface area contributed by atoms with E-state index in [0.717, 1.165) is 30.8 Å². The van der Waals surface area contributed by atoms with Gasteiger partial charge in [0.2, 0.25) is 0 Å². The lowest BCUT2D eigenvalue weighted by atomic mass is 10.2. The van der Waals surface area contributed by atoms with Gasteiger partial charge in [-0.2, -0.15) is 0 Å². The number of rotatable bonds is 7. The Morgan fingerprint density at radius 3 is 2.72 bits per heavy atom. The van der Waals surface area contributed by atoms with E-state index in [1.54, 1.807) is 12.1 Å². The van der Waals surface area contributed by atoms with Gasteiger partial charge in [-0.25, -0.2) is 9.78 Å². The first-order chi connectivity index (χ1) is 12.2. The topological polar surface area (TPSA) is 75.2 Å². The molecular formula is C20H20N2O3. The maximum absolute atomic E-state index is 11.2. The molecule has 3 rings (SSSR count). The summed E-state index contributed by atoms with van der Waals surface area (Å²) in [5, 5.41) is 9.22. The molecule has 0 aliphatic heterocycles. The molecule has 0 fully saturated rings. The average molecular weight is 336 g/mol. The first-order valence-electron chi connectivity index (χ1n) is 8.30. The van der Waals surface area contributed by atoms with Crippen molar-refractivity contribution in [2.24, 2.45) is 0 Å². The van der Waals surface area contributed by atoms with E-state index in [1.807, 2.05) is 42.5 Å². The quantitative estimate of drug-likeness (QED) is 0.618. The standard InChI is InChI=1S/C20H20N2O3/c1-2-3-13-25-15-10-7-14(8-11-15)9-12-18-21-17-6-4-5-16(20(23)24)19(17)22-18/h4-12H,2-3,13H2,1H3,(H,21,22)(H,23,24). The van der Waals surface area contributed by atoms with E-state index in [9.17, 15) is 9.90 Å². The monoisotopic (exact) mass is 336 g/mol. The van der Waals surface area contributed by atoms with Gasteiger partial charge in [0.05, 0.1) is 17.7 Å². The normalized spacial score (nSPS) is 11.2. The van der Waals surface area contributed by atoms with Crippen molar-refractivity contribution in [1.82, 2.24) is 9.97 Å². The maximum atomic E-state index is 11.2. The number of hydrogen-bond donors (Lipinski definition) is 2. The Bertz CT molecular complexity index is 895. The molecule has 0 unspecified atom stereocenters. The van der Waals surface area contributed by atoms with Crippen LogP contribution < -0.4 is 4.74 Å². The fourth-order valence-electron chi connectivity index (χ4n) is 2.49. The molecule has 0 amide bonds. The minimum atomic E-state index is -0.980. The highest BCUT2D eigenvalue weighted by molar-refractivity contribution is 6.01. The predicted molar refractivity (Wildman–Crippen MR) is 98.8 cm³/mol. The Morgan fingerprint density at radius 2 is 2.00 bits per heavy atom. The number of carboxylic acids is 1. The summed E-state index contributed by atoms with van der Waals surface area (Å²) < 4.78 is 5.64. The van der Waals surface area contributed by atoms with Crippen LogP contribution in [0.3, 0.4) is 0 Å². The number of aromatic amines is 1. The number of nitrogens with one attached hydrogen (secondary N) is 1. The summed E-state index contributed by atoms with van der Waals surface area (Å²) in [5.74, 6) is 0.499. The van der Waals surface area contributed by atoms with Crippen LogP contribution in [0, 0.1) is 0 Å². The van der Waals surface area contributed by atoms with Crippen LogP contribution in [0.5, 0.6) is 5.75 Å². The second-order valence-corrected chi connectivity index (χ2v) is 5.73. The summed E-state index contributed by atoms with van der Waals surface area (Å²) in [4.78, 5) is 18.7. The Morgan fingerprint density at radius 1 is 1.20 bits per heavy atom. The molecule has 5 nitrogen and oxygen atoms in total. The molecule has 25 heavy (non-hydrogen) atoms. The Labute approximate surface area is 146 Å². The number of nitrogens with zero attached hydrogens (tertiary/aromatic N) is 1. The Balaban J connectivity index is 1.74. The smallest absolute Gasteiger partial charge is 0.337 e. The van der Waals surface area contributed by atoms with Gasteiger partial charge in [0.1, 0.15) is 17.1 Å². The van der Waals surface area contributed by atoms with E-state index in [1.165, 1.54) is 0 Å². The predicted octanol–water partition coefficient (Wildman–Crippen LogP) is 4.61. The van der Waals surface area contributed by atoms with Crippen LogP contribution in [0.1, 0.15) is 41.5 Å². The highest BCUT2D eigenvalue weighted by atomic mass is 16.5. The van der Waals surface area contributed by atoms with Crippen LogP contribution in [0.2, 0.25) is 0 Å². The van der Waals surface area contributed by atoms with Gasteiger partial charge in [0.15, 0.2) is 0 Å². The number of para-hydroxylation sites is 1. The molecule has 0 atom stereocenters. The lowest BCUT2D eigenvalue weighted by molar-refractivity contribution is 0.0699. The lowest BCUT2D eigenvalue weighted by Gasteiger charge is -2.04. The number of imidazole rings is 1. The number of aromatic nitrogens is 2. The minimum absolute atomic E-state index is 0.196. The first kappa shape index (κ1) is 16.8. The highest BCUT2D eigenvalue weighted by Gasteiger charge is 2.11. The van der Waals surface area contributed by atoms with Crippen molar-refractivity contribution in [2.45, 2.75) is 19.8 Å². The number of hydrogen-bond acceptors (Lipinski definition) is 3. The number of benzene rings is 2. The van der Waals surface area contributed by atoms with Gasteiger partial charge in [-0.1, -0.05) is 37.6 Å². The zero-order chi connectivity index (χ0) is 17.6. The van der Waals surface area contributed by atoms with Crippen LogP contribution in [-0.4, -0.2) is 27.7 Å². The van der Waals surface area contributed by atoms with Gasteiger partial charge in [0, 0.05) is 0 Å².